The van der Waals surface area contributed by atoms with Gasteiger partial charge < -0.3 is 9.53 Å². The largest absolute Gasteiger partial charge is 0.373 e. The quantitative estimate of drug-likeness (QED) is 0.702. The topological polar surface area (TPSA) is 26.3 Å². The van der Waals surface area contributed by atoms with Gasteiger partial charge in [-0.3, -0.25) is 0 Å². The highest BCUT2D eigenvalue weighted by Crippen LogP contribution is 2.31. The van der Waals surface area contributed by atoms with Crippen LogP contribution in [0.5, 0.6) is 0 Å². The Morgan fingerprint density at radius 1 is 1.36 bits per heavy atom. The molecule has 1 aromatic carbocycles. The van der Waals surface area contributed by atoms with Gasteiger partial charge in [0.15, 0.2) is 0 Å². The molecule has 1 saturated heterocycles. The van der Waals surface area contributed by atoms with E-state index in [2.05, 4.69) is 0 Å². The van der Waals surface area contributed by atoms with Crippen molar-refractivity contribution in [3.05, 3.63) is 34.9 Å². The van der Waals surface area contributed by atoms with Crippen LogP contribution in [0.1, 0.15) is 18.1 Å². The minimum Gasteiger partial charge on any atom is -0.373 e. The van der Waals surface area contributed by atoms with Gasteiger partial charge in [0, 0.05) is 10.9 Å². The summed E-state index contributed by atoms with van der Waals surface area (Å²) in [7, 11) is 0. The fourth-order valence-electron chi connectivity index (χ4n) is 1.66. The zero-order valence-electron chi connectivity index (χ0n) is 7.65. The van der Waals surface area contributed by atoms with Crippen LogP contribution in [0.2, 0.25) is 5.02 Å². The van der Waals surface area contributed by atoms with Crippen molar-refractivity contribution >= 4 is 17.9 Å². The number of halogens is 1. The zero-order chi connectivity index (χ0) is 9.97. The lowest BCUT2D eigenvalue weighted by Crippen LogP contribution is -1.98. The summed E-state index contributed by atoms with van der Waals surface area (Å²) < 4.78 is 5.51. The summed E-state index contributed by atoms with van der Waals surface area (Å²) in [6.45, 7) is 0.538. The molecule has 0 radical (unpaired) electrons. The second-order valence-electron chi connectivity index (χ2n) is 3.51. The molecule has 1 aliphatic heterocycles. The molecule has 0 spiro atoms. The molecule has 0 aliphatic carbocycles. The first-order valence-electron chi connectivity index (χ1n) is 4.62. The van der Waals surface area contributed by atoms with Crippen molar-refractivity contribution in [3.8, 4) is 0 Å². The SMILES string of the molecule is O=C[C@@H]1CO[C@@H](c2ccc(Cl)cc2)C1. The first-order valence-corrected chi connectivity index (χ1v) is 5.00. The van der Waals surface area contributed by atoms with Crippen LogP contribution < -0.4 is 0 Å². The number of hydrogen-bond acceptors (Lipinski definition) is 2. The van der Waals surface area contributed by atoms with Gasteiger partial charge in [0.25, 0.3) is 0 Å². The van der Waals surface area contributed by atoms with Crippen LogP contribution >= 0.6 is 11.6 Å². The van der Waals surface area contributed by atoms with Gasteiger partial charge in [0.05, 0.1) is 12.7 Å². The van der Waals surface area contributed by atoms with Gasteiger partial charge in [0.1, 0.15) is 6.29 Å². The van der Waals surface area contributed by atoms with E-state index < -0.39 is 0 Å². The molecule has 1 fully saturated rings. The van der Waals surface area contributed by atoms with Gasteiger partial charge in [-0.15, -0.1) is 0 Å². The van der Waals surface area contributed by atoms with E-state index in [1.165, 1.54) is 0 Å². The number of hydrogen-bond donors (Lipinski definition) is 0. The smallest absolute Gasteiger partial charge is 0.125 e. The predicted octanol–water partition coefficient (Wildman–Crippen LogP) is 2.62. The third kappa shape index (κ3) is 1.97. The summed E-state index contributed by atoms with van der Waals surface area (Å²) >= 11 is 5.78. The standard InChI is InChI=1S/C11H11ClO2/c12-10-3-1-9(2-4-10)11-5-8(6-13)7-14-11/h1-4,6,8,11H,5,7H2/t8-,11-/m1/s1. The predicted molar refractivity (Wildman–Crippen MR) is 54.3 cm³/mol. The highest BCUT2D eigenvalue weighted by atomic mass is 35.5. The molecule has 0 unspecified atom stereocenters. The fraction of sp³-hybridized carbons (Fsp3) is 0.364. The molecule has 0 bridgehead atoms. The summed E-state index contributed by atoms with van der Waals surface area (Å²) in [4.78, 5) is 10.5. The van der Waals surface area contributed by atoms with Gasteiger partial charge in [-0.05, 0) is 24.1 Å². The molecule has 2 atom stereocenters. The molecule has 0 aromatic heterocycles. The molecule has 1 heterocycles. The van der Waals surface area contributed by atoms with E-state index >= 15 is 0 Å². The fourth-order valence-corrected chi connectivity index (χ4v) is 1.78. The third-order valence-electron chi connectivity index (χ3n) is 2.46. The van der Waals surface area contributed by atoms with Gasteiger partial charge >= 0.3 is 0 Å². The lowest BCUT2D eigenvalue weighted by molar-refractivity contribution is -0.111. The molecule has 14 heavy (non-hydrogen) atoms. The maximum absolute atomic E-state index is 10.5. The van der Waals surface area contributed by atoms with E-state index in [0.29, 0.717) is 6.61 Å². The van der Waals surface area contributed by atoms with E-state index in [-0.39, 0.29) is 12.0 Å². The Labute approximate surface area is 87.8 Å². The number of rotatable bonds is 2. The Kier molecular flexibility index (Phi) is 2.85. The molecular weight excluding hydrogens is 200 g/mol. The highest BCUT2D eigenvalue weighted by Gasteiger charge is 2.25. The third-order valence-corrected chi connectivity index (χ3v) is 2.71. The highest BCUT2D eigenvalue weighted by molar-refractivity contribution is 6.30. The monoisotopic (exact) mass is 210 g/mol. The second-order valence-corrected chi connectivity index (χ2v) is 3.94. The Bertz CT molecular complexity index is 321. The molecular formula is C11H11ClO2. The summed E-state index contributed by atoms with van der Waals surface area (Å²) in [5, 5.41) is 0.721. The van der Waals surface area contributed by atoms with E-state index in [9.17, 15) is 4.79 Å². The summed E-state index contributed by atoms with van der Waals surface area (Å²) in [5.74, 6) is 0.0516. The van der Waals surface area contributed by atoms with Crippen LogP contribution in [0.4, 0.5) is 0 Å². The molecule has 74 valence electrons. The Morgan fingerprint density at radius 2 is 2.07 bits per heavy atom. The molecule has 0 saturated carbocycles. The van der Waals surface area contributed by atoms with Crippen molar-refractivity contribution in [1.82, 2.24) is 0 Å². The summed E-state index contributed by atoms with van der Waals surface area (Å²) in [5.41, 5.74) is 1.10. The normalized spacial score (nSPS) is 26.4. The van der Waals surface area contributed by atoms with Crippen LogP contribution in [-0.4, -0.2) is 12.9 Å². The van der Waals surface area contributed by atoms with Crippen molar-refractivity contribution in [3.63, 3.8) is 0 Å². The van der Waals surface area contributed by atoms with Gasteiger partial charge in [0.2, 0.25) is 0 Å². The summed E-state index contributed by atoms with van der Waals surface area (Å²) in [6.07, 6.45) is 1.81. The average molecular weight is 211 g/mol. The van der Waals surface area contributed by atoms with Crippen molar-refractivity contribution < 1.29 is 9.53 Å². The van der Waals surface area contributed by atoms with Crippen molar-refractivity contribution in [2.45, 2.75) is 12.5 Å². The Morgan fingerprint density at radius 3 is 2.64 bits per heavy atom. The minimum absolute atomic E-state index is 0.0516. The molecule has 1 aromatic rings. The van der Waals surface area contributed by atoms with Crippen molar-refractivity contribution in [2.75, 3.05) is 6.61 Å². The zero-order valence-corrected chi connectivity index (χ0v) is 8.41. The van der Waals surface area contributed by atoms with Crippen LogP contribution in [0, 0.1) is 5.92 Å². The van der Waals surface area contributed by atoms with E-state index in [1.54, 1.807) is 0 Å². The maximum Gasteiger partial charge on any atom is 0.125 e. The number of benzene rings is 1. The second kappa shape index (κ2) is 4.11. The van der Waals surface area contributed by atoms with Crippen LogP contribution in [0.15, 0.2) is 24.3 Å². The molecule has 0 amide bonds. The van der Waals surface area contributed by atoms with Gasteiger partial charge in [-0.25, -0.2) is 0 Å². The Balaban J connectivity index is 2.09. The Hall–Kier alpha value is -0.860. The van der Waals surface area contributed by atoms with Crippen LogP contribution in [0.25, 0.3) is 0 Å². The van der Waals surface area contributed by atoms with Crippen LogP contribution in [-0.2, 0) is 9.53 Å². The van der Waals surface area contributed by atoms with Gasteiger partial charge in [-0.2, -0.15) is 0 Å². The van der Waals surface area contributed by atoms with E-state index in [0.717, 1.165) is 23.3 Å². The maximum atomic E-state index is 10.5. The van der Waals surface area contributed by atoms with E-state index in [1.807, 2.05) is 24.3 Å². The molecule has 1 aliphatic rings. The number of ether oxygens (including phenoxy) is 1. The van der Waals surface area contributed by atoms with Crippen molar-refractivity contribution in [2.24, 2.45) is 5.92 Å². The lowest BCUT2D eigenvalue weighted by Gasteiger charge is -2.08. The van der Waals surface area contributed by atoms with Crippen molar-refractivity contribution in [1.29, 1.82) is 0 Å². The number of carbonyl (C=O) groups excluding carboxylic acids is 1. The summed E-state index contributed by atoms with van der Waals surface area (Å²) in [6, 6.07) is 7.57. The lowest BCUT2D eigenvalue weighted by atomic mass is 10.0. The van der Waals surface area contributed by atoms with Crippen LogP contribution in [0.3, 0.4) is 0 Å². The van der Waals surface area contributed by atoms with E-state index in [4.69, 9.17) is 16.3 Å². The molecule has 2 nitrogen and oxygen atoms in total. The first kappa shape index (κ1) is 9.69. The molecule has 2 rings (SSSR count). The minimum atomic E-state index is 0.0516. The van der Waals surface area contributed by atoms with Gasteiger partial charge in [-0.1, -0.05) is 23.7 Å². The number of aldehydes is 1. The first-order chi connectivity index (χ1) is 6.79. The molecule has 3 heteroatoms. The average Bonchev–Trinajstić information content (AvgIpc) is 2.67. The number of carbonyl (C=O) groups is 1. The molecule has 0 N–H and O–H groups in total.